The molecule has 0 aliphatic carbocycles. The summed E-state index contributed by atoms with van der Waals surface area (Å²) in [6.07, 6.45) is 0. The Hall–Kier alpha value is -2.81. The summed E-state index contributed by atoms with van der Waals surface area (Å²) in [5, 5.41) is 3.13. The maximum absolute atomic E-state index is 11.9. The zero-order valence-corrected chi connectivity index (χ0v) is 16.4. The second kappa shape index (κ2) is 9.77. The molecule has 0 saturated heterocycles. The normalized spacial score (nSPS) is 10.2. The summed E-state index contributed by atoms with van der Waals surface area (Å²) >= 11 is 1.16. The van der Waals surface area contributed by atoms with Crippen molar-refractivity contribution >= 4 is 29.3 Å². The third-order valence-corrected chi connectivity index (χ3v) is 4.13. The number of ether oxygens (including phenoxy) is 3. The van der Waals surface area contributed by atoms with Crippen LogP contribution in [0.25, 0.3) is 0 Å². The number of carbonyl (C=O) groups excluding carboxylic acids is 2. The molecule has 0 aliphatic rings. The lowest BCUT2D eigenvalue weighted by Gasteiger charge is -2.10. The maximum Gasteiger partial charge on any atom is 0.316 e. The molecule has 0 atom stereocenters. The van der Waals surface area contributed by atoms with Gasteiger partial charge in [-0.2, -0.15) is 0 Å². The number of aryl methyl sites for hydroxylation is 2. The van der Waals surface area contributed by atoms with Crippen molar-refractivity contribution in [1.82, 2.24) is 9.97 Å². The molecule has 1 aromatic carbocycles. The molecule has 0 saturated carbocycles. The van der Waals surface area contributed by atoms with Crippen LogP contribution < -0.4 is 14.8 Å². The molecule has 0 unspecified atom stereocenters. The van der Waals surface area contributed by atoms with Gasteiger partial charge in [-0.3, -0.25) is 9.59 Å². The monoisotopic (exact) mass is 391 g/mol. The van der Waals surface area contributed by atoms with Gasteiger partial charge in [-0.15, -0.1) is 0 Å². The van der Waals surface area contributed by atoms with E-state index in [1.807, 2.05) is 19.9 Å². The number of nitrogens with one attached hydrogen (secondary N) is 1. The number of methoxy groups -OCH3 is 2. The summed E-state index contributed by atoms with van der Waals surface area (Å²) in [6, 6.07) is 6.79. The van der Waals surface area contributed by atoms with E-state index in [1.165, 1.54) is 14.2 Å². The highest BCUT2D eigenvalue weighted by atomic mass is 32.2. The van der Waals surface area contributed by atoms with Gasteiger partial charge in [0.25, 0.3) is 5.91 Å². The Kier molecular flexibility index (Phi) is 7.42. The first-order valence-corrected chi connectivity index (χ1v) is 9.02. The van der Waals surface area contributed by atoms with Crippen molar-refractivity contribution in [3.05, 3.63) is 35.7 Å². The molecule has 1 amide bonds. The fourth-order valence-corrected chi connectivity index (χ4v) is 2.93. The number of aromatic nitrogens is 2. The molecule has 0 spiro atoms. The minimum atomic E-state index is -0.523. The third-order valence-electron chi connectivity index (χ3n) is 3.31. The van der Waals surface area contributed by atoms with Crippen LogP contribution in [0.3, 0.4) is 0 Å². The van der Waals surface area contributed by atoms with Gasteiger partial charge in [-0.25, -0.2) is 9.97 Å². The molecule has 0 radical (unpaired) electrons. The van der Waals surface area contributed by atoms with Gasteiger partial charge in [0, 0.05) is 23.1 Å². The van der Waals surface area contributed by atoms with E-state index in [0.717, 1.165) is 23.1 Å². The quantitative estimate of drug-likeness (QED) is 0.416. The van der Waals surface area contributed by atoms with Crippen molar-refractivity contribution in [1.29, 1.82) is 0 Å². The molecule has 2 rings (SSSR count). The number of hydrogen-bond donors (Lipinski definition) is 1. The first-order chi connectivity index (χ1) is 12.9. The van der Waals surface area contributed by atoms with Gasteiger partial charge in [0.2, 0.25) is 0 Å². The van der Waals surface area contributed by atoms with Crippen LogP contribution in [0.15, 0.2) is 29.4 Å². The van der Waals surface area contributed by atoms with Gasteiger partial charge < -0.3 is 19.5 Å². The highest BCUT2D eigenvalue weighted by molar-refractivity contribution is 7.99. The van der Waals surface area contributed by atoms with Crippen molar-refractivity contribution < 1.29 is 23.8 Å². The Bertz CT molecular complexity index is 808. The Morgan fingerprint density at radius 3 is 2.33 bits per heavy atom. The van der Waals surface area contributed by atoms with Gasteiger partial charge in [0.05, 0.1) is 20.0 Å². The number of esters is 1. The average Bonchev–Trinajstić information content (AvgIpc) is 2.63. The lowest BCUT2D eigenvalue weighted by molar-refractivity contribution is -0.144. The fraction of sp³-hybridized carbons (Fsp3) is 0.333. The number of benzene rings is 1. The highest BCUT2D eigenvalue weighted by Crippen LogP contribution is 2.29. The first kappa shape index (κ1) is 20.5. The molecule has 1 heterocycles. The molecule has 8 nitrogen and oxygen atoms in total. The Morgan fingerprint density at radius 2 is 1.70 bits per heavy atom. The van der Waals surface area contributed by atoms with Crippen molar-refractivity contribution in [2.45, 2.75) is 19.0 Å². The number of hydrogen-bond acceptors (Lipinski definition) is 8. The van der Waals surface area contributed by atoms with E-state index in [2.05, 4.69) is 15.3 Å². The predicted octanol–water partition coefficient (Wildman–Crippen LogP) is 2.38. The zero-order chi connectivity index (χ0) is 19.8. The second-order valence-corrected chi connectivity index (χ2v) is 6.44. The topological polar surface area (TPSA) is 99.6 Å². The van der Waals surface area contributed by atoms with Gasteiger partial charge >= 0.3 is 5.97 Å². The number of anilines is 1. The van der Waals surface area contributed by atoms with E-state index in [4.69, 9.17) is 14.2 Å². The largest absolute Gasteiger partial charge is 0.493 e. The second-order valence-electron chi connectivity index (χ2n) is 5.50. The molecule has 0 aliphatic heterocycles. The number of rotatable bonds is 8. The molecular weight excluding hydrogens is 370 g/mol. The van der Waals surface area contributed by atoms with Crippen molar-refractivity contribution in [3.8, 4) is 11.5 Å². The van der Waals surface area contributed by atoms with E-state index < -0.39 is 11.9 Å². The minimum absolute atomic E-state index is 0.0204. The maximum atomic E-state index is 11.9. The standard InChI is InChI=1S/C18H21N3O5S/c1-11-7-12(2)20-18(19-11)27-10-17(23)26-9-16(22)21-13-5-6-14(24-3)15(8-13)25-4/h5-8H,9-10H2,1-4H3,(H,21,22). The lowest BCUT2D eigenvalue weighted by atomic mass is 10.2. The summed E-state index contributed by atoms with van der Waals surface area (Å²) in [5.74, 6) is 0.0742. The molecular formula is C18H21N3O5S. The average molecular weight is 391 g/mol. The van der Waals surface area contributed by atoms with Gasteiger partial charge in [-0.05, 0) is 32.0 Å². The van der Waals surface area contributed by atoms with Crippen LogP contribution in [0.4, 0.5) is 5.69 Å². The van der Waals surface area contributed by atoms with E-state index in [-0.39, 0.29) is 12.4 Å². The summed E-state index contributed by atoms with van der Waals surface area (Å²) in [7, 11) is 3.03. The summed E-state index contributed by atoms with van der Waals surface area (Å²) < 4.78 is 15.3. The molecule has 1 aromatic heterocycles. The van der Waals surface area contributed by atoms with E-state index in [0.29, 0.717) is 22.3 Å². The Labute approximate surface area is 161 Å². The van der Waals surface area contributed by atoms with Crippen LogP contribution in [0.1, 0.15) is 11.4 Å². The van der Waals surface area contributed by atoms with Gasteiger partial charge in [0.15, 0.2) is 23.3 Å². The van der Waals surface area contributed by atoms with Crippen LogP contribution in [0.2, 0.25) is 0 Å². The van der Waals surface area contributed by atoms with E-state index in [9.17, 15) is 9.59 Å². The van der Waals surface area contributed by atoms with Crippen LogP contribution in [0, 0.1) is 13.8 Å². The minimum Gasteiger partial charge on any atom is -0.493 e. The van der Waals surface area contributed by atoms with Gasteiger partial charge in [-0.1, -0.05) is 11.8 Å². The summed E-state index contributed by atoms with van der Waals surface area (Å²) in [5.41, 5.74) is 2.16. The van der Waals surface area contributed by atoms with Crippen molar-refractivity contribution in [3.63, 3.8) is 0 Å². The number of amides is 1. The molecule has 0 fully saturated rings. The molecule has 0 bridgehead atoms. The number of carbonyl (C=O) groups is 2. The van der Waals surface area contributed by atoms with Gasteiger partial charge in [0.1, 0.15) is 0 Å². The third kappa shape index (κ3) is 6.45. The smallest absolute Gasteiger partial charge is 0.316 e. The molecule has 2 aromatic rings. The SMILES string of the molecule is COc1ccc(NC(=O)COC(=O)CSc2nc(C)cc(C)n2)cc1OC. The zero-order valence-electron chi connectivity index (χ0n) is 15.6. The molecule has 1 N–H and O–H groups in total. The van der Waals surface area contributed by atoms with E-state index >= 15 is 0 Å². The lowest BCUT2D eigenvalue weighted by Crippen LogP contribution is -2.21. The molecule has 9 heteroatoms. The predicted molar refractivity (Wildman–Crippen MR) is 101 cm³/mol. The van der Waals surface area contributed by atoms with Crippen LogP contribution in [-0.4, -0.2) is 48.4 Å². The van der Waals surface area contributed by atoms with Crippen molar-refractivity contribution in [2.75, 3.05) is 31.9 Å². The van der Waals surface area contributed by atoms with E-state index in [1.54, 1.807) is 18.2 Å². The molecule has 144 valence electrons. The van der Waals surface area contributed by atoms with Crippen molar-refractivity contribution in [2.24, 2.45) is 0 Å². The van der Waals surface area contributed by atoms with Crippen LogP contribution in [0.5, 0.6) is 11.5 Å². The Morgan fingerprint density at radius 1 is 1.04 bits per heavy atom. The number of nitrogens with zero attached hydrogens (tertiary/aromatic N) is 2. The Balaban J connectivity index is 1.80. The first-order valence-electron chi connectivity index (χ1n) is 8.04. The summed E-state index contributed by atoms with van der Waals surface area (Å²) in [4.78, 5) is 32.2. The summed E-state index contributed by atoms with van der Waals surface area (Å²) in [6.45, 7) is 3.33. The van der Waals surface area contributed by atoms with Crippen LogP contribution >= 0.6 is 11.8 Å². The fourth-order valence-electron chi connectivity index (χ4n) is 2.18. The number of thioether (sulfide) groups is 1. The highest BCUT2D eigenvalue weighted by Gasteiger charge is 2.11. The molecule has 27 heavy (non-hydrogen) atoms. The van der Waals surface area contributed by atoms with Crippen LogP contribution in [-0.2, 0) is 14.3 Å².